The van der Waals surface area contributed by atoms with Crippen molar-refractivity contribution in [1.82, 2.24) is 9.88 Å². The van der Waals surface area contributed by atoms with E-state index >= 15 is 0 Å². The smallest absolute Gasteiger partial charge is 0.339 e. The van der Waals surface area contributed by atoms with Crippen LogP contribution in [-0.2, 0) is 9.53 Å². The molecule has 26 heavy (non-hydrogen) atoms. The van der Waals surface area contributed by atoms with Crippen LogP contribution in [0.5, 0.6) is 0 Å². The number of aromatic nitrogens is 1. The molecule has 0 saturated carbocycles. The Balaban J connectivity index is 2.03. The molecule has 1 N–H and O–H groups in total. The number of nitrogens with zero attached hydrogens (tertiary/aromatic N) is 1. The Bertz CT molecular complexity index is 979. The summed E-state index contributed by atoms with van der Waals surface area (Å²) in [6.45, 7) is 3.92. The number of nitrogens with one attached hydrogen (secondary N) is 1. The van der Waals surface area contributed by atoms with Gasteiger partial charge in [-0.2, -0.15) is 0 Å². The van der Waals surface area contributed by atoms with Crippen LogP contribution < -0.4 is 5.32 Å². The van der Waals surface area contributed by atoms with Crippen LogP contribution in [-0.4, -0.2) is 27.9 Å². The van der Waals surface area contributed by atoms with Crippen molar-refractivity contribution in [2.45, 2.75) is 13.8 Å². The van der Waals surface area contributed by atoms with Crippen molar-refractivity contribution < 1.29 is 14.3 Å². The highest BCUT2D eigenvalue weighted by Gasteiger charge is 2.23. The Morgan fingerprint density at radius 1 is 1.35 bits per heavy atom. The number of esters is 1. The molecule has 3 rings (SSSR count). The maximum Gasteiger partial charge on any atom is 0.339 e. The standard InChI is InChI=1S/C18H15ClN2O3S2/c1-9-6-11(7-15-16(22)20-18(25)26-15)10(2)21(9)12-4-5-13(14(19)8-12)17(23)24-3/h4-8H,1-3H3,(H,20,22,25)/b15-7-. The van der Waals surface area contributed by atoms with Crippen molar-refractivity contribution in [2.75, 3.05) is 7.11 Å². The second-order valence-corrected chi connectivity index (χ2v) is 7.80. The minimum absolute atomic E-state index is 0.185. The summed E-state index contributed by atoms with van der Waals surface area (Å²) in [5.74, 6) is -0.663. The van der Waals surface area contributed by atoms with E-state index in [0.717, 1.165) is 22.6 Å². The van der Waals surface area contributed by atoms with Gasteiger partial charge >= 0.3 is 5.97 Å². The lowest BCUT2D eigenvalue weighted by Gasteiger charge is -2.11. The number of rotatable bonds is 3. The Hall–Kier alpha value is -2.09. The van der Waals surface area contributed by atoms with Crippen LogP contribution in [0.4, 0.5) is 0 Å². The number of aryl methyl sites for hydroxylation is 1. The highest BCUT2D eigenvalue weighted by molar-refractivity contribution is 8.26. The number of ether oxygens (including phenoxy) is 1. The van der Waals surface area contributed by atoms with Crippen molar-refractivity contribution in [3.8, 4) is 5.69 Å². The number of benzene rings is 1. The zero-order chi connectivity index (χ0) is 19.0. The Labute approximate surface area is 165 Å². The molecule has 8 heteroatoms. The van der Waals surface area contributed by atoms with Gasteiger partial charge in [0.1, 0.15) is 4.32 Å². The number of thioether (sulfide) groups is 1. The van der Waals surface area contributed by atoms with Crippen LogP contribution in [0.3, 0.4) is 0 Å². The van der Waals surface area contributed by atoms with Gasteiger partial charge in [-0.15, -0.1) is 0 Å². The second-order valence-electron chi connectivity index (χ2n) is 5.67. The van der Waals surface area contributed by atoms with Crippen molar-refractivity contribution in [3.63, 3.8) is 0 Å². The van der Waals surface area contributed by atoms with Crippen LogP contribution in [0, 0.1) is 13.8 Å². The first-order valence-corrected chi connectivity index (χ1v) is 9.24. The van der Waals surface area contributed by atoms with Crippen LogP contribution in [0.15, 0.2) is 29.2 Å². The number of carbonyl (C=O) groups is 2. The van der Waals surface area contributed by atoms with Gasteiger partial charge in [-0.1, -0.05) is 35.6 Å². The van der Waals surface area contributed by atoms with Gasteiger partial charge in [-0.05, 0) is 49.8 Å². The predicted octanol–water partition coefficient (Wildman–Crippen LogP) is 4.02. The molecule has 1 fully saturated rings. The van der Waals surface area contributed by atoms with Gasteiger partial charge < -0.3 is 14.6 Å². The van der Waals surface area contributed by atoms with E-state index in [4.69, 9.17) is 28.6 Å². The molecule has 1 amide bonds. The molecular weight excluding hydrogens is 392 g/mol. The maximum absolute atomic E-state index is 11.9. The zero-order valence-electron chi connectivity index (χ0n) is 14.3. The number of hydrogen-bond donors (Lipinski definition) is 1. The molecule has 1 saturated heterocycles. The molecule has 0 radical (unpaired) electrons. The lowest BCUT2D eigenvalue weighted by atomic mass is 10.2. The van der Waals surface area contributed by atoms with Gasteiger partial charge in [0.05, 0.1) is 22.6 Å². The summed E-state index contributed by atoms with van der Waals surface area (Å²) in [4.78, 5) is 24.1. The quantitative estimate of drug-likeness (QED) is 0.474. The van der Waals surface area contributed by atoms with Crippen LogP contribution in [0.25, 0.3) is 11.8 Å². The first kappa shape index (κ1) is 18.7. The molecule has 2 heterocycles. The maximum atomic E-state index is 11.9. The average molecular weight is 407 g/mol. The van der Waals surface area contributed by atoms with Crippen LogP contribution in [0.1, 0.15) is 27.3 Å². The molecule has 1 aliphatic heterocycles. The monoisotopic (exact) mass is 406 g/mol. The van der Waals surface area contributed by atoms with E-state index in [2.05, 4.69) is 5.32 Å². The van der Waals surface area contributed by atoms with E-state index in [1.807, 2.05) is 30.6 Å². The Morgan fingerprint density at radius 3 is 2.65 bits per heavy atom. The summed E-state index contributed by atoms with van der Waals surface area (Å²) in [6.07, 6.45) is 1.82. The number of hydrogen-bond acceptors (Lipinski definition) is 5. The summed E-state index contributed by atoms with van der Waals surface area (Å²) in [5, 5.41) is 2.93. The minimum Gasteiger partial charge on any atom is -0.465 e. The van der Waals surface area contributed by atoms with Gasteiger partial charge in [-0.25, -0.2) is 4.79 Å². The molecule has 1 aromatic carbocycles. The zero-order valence-corrected chi connectivity index (χ0v) is 16.6. The van der Waals surface area contributed by atoms with Crippen molar-refractivity contribution >= 4 is 57.9 Å². The number of amides is 1. The fourth-order valence-corrected chi connectivity index (χ4v) is 4.10. The van der Waals surface area contributed by atoms with Gasteiger partial charge in [0.15, 0.2) is 0 Å². The van der Waals surface area contributed by atoms with E-state index in [1.54, 1.807) is 18.2 Å². The summed E-state index contributed by atoms with van der Waals surface area (Å²) < 4.78 is 7.19. The fourth-order valence-electron chi connectivity index (χ4n) is 2.81. The highest BCUT2D eigenvalue weighted by atomic mass is 35.5. The third kappa shape index (κ3) is 3.42. The molecule has 134 valence electrons. The first-order chi connectivity index (χ1) is 12.3. The topological polar surface area (TPSA) is 60.3 Å². The van der Waals surface area contributed by atoms with Gasteiger partial charge in [-0.3, -0.25) is 4.79 Å². The largest absolute Gasteiger partial charge is 0.465 e. The SMILES string of the molecule is COC(=O)c1ccc(-n2c(C)cc(/C=C3\SC(=S)NC3=O)c2C)cc1Cl. The van der Waals surface area contributed by atoms with Crippen LogP contribution >= 0.6 is 35.6 Å². The van der Waals surface area contributed by atoms with Gasteiger partial charge in [0.2, 0.25) is 0 Å². The average Bonchev–Trinajstić information content (AvgIpc) is 3.05. The van der Waals surface area contributed by atoms with E-state index in [1.165, 1.54) is 18.9 Å². The molecule has 2 aromatic rings. The number of carbonyl (C=O) groups excluding carboxylic acids is 2. The summed E-state index contributed by atoms with van der Waals surface area (Å²) in [7, 11) is 1.31. The second kappa shape index (κ2) is 7.26. The molecule has 1 aliphatic rings. The molecule has 1 aromatic heterocycles. The van der Waals surface area contributed by atoms with E-state index < -0.39 is 5.97 Å². The molecule has 0 aliphatic carbocycles. The lowest BCUT2D eigenvalue weighted by molar-refractivity contribution is -0.115. The third-order valence-corrected chi connectivity index (χ3v) is 5.49. The van der Waals surface area contributed by atoms with E-state index in [0.29, 0.717) is 19.8 Å². The first-order valence-electron chi connectivity index (χ1n) is 7.64. The summed E-state index contributed by atoms with van der Waals surface area (Å²) in [6, 6.07) is 7.15. The Morgan fingerprint density at radius 2 is 2.08 bits per heavy atom. The summed E-state index contributed by atoms with van der Waals surface area (Å²) >= 11 is 12.5. The van der Waals surface area contributed by atoms with Crippen molar-refractivity contribution in [1.29, 1.82) is 0 Å². The number of halogens is 1. The molecule has 0 spiro atoms. The lowest BCUT2D eigenvalue weighted by Crippen LogP contribution is -2.17. The molecule has 0 bridgehead atoms. The van der Waals surface area contributed by atoms with Gasteiger partial charge in [0, 0.05) is 17.1 Å². The highest BCUT2D eigenvalue weighted by Crippen LogP contribution is 2.30. The Kier molecular flexibility index (Phi) is 5.22. The number of methoxy groups -OCH3 is 1. The molecule has 5 nitrogen and oxygen atoms in total. The van der Waals surface area contributed by atoms with Crippen molar-refractivity contribution in [2.24, 2.45) is 0 Å². The summed E-state index contributed by atoms with van der Waals surface area (Å²) in [5.41, 5.74) is 3.97. The minimum atomic E-state index is -0.479. The fraction of sp³-hybridized carbons (Fsp3) is 0.167. The van der Waals surface area contributed by atoms with E-state index in [-0.39, 0.29) is 5.91 Å². The molecular formula is C18H15ClN2O3S2. The van der Waals surface area contributed by atoms with E-state index in [9.17, 15) is 9.59 Å². The molecule has 0 atom stereocenters. The number of thiocarbonyl (C=S) groups is 1. The molecule has 0 unspecified atom stereocenters. The van der Waals surface area contributed by atoms with Gasteiger partial charge in [0.25, 0.3) is 5.91 Å². The third-order valence-electron chi connectivity index (χ3n) is 4.02. The van der Waals surface area contributed by atoms with Crippen molar-refractivity contribution in [3.05, 3.63) is 56.7 Å². The van der Waals surface area contributed by atoms with Crippen LogP contribution in [0.2, 0.25) is 5.02 Å². The normalized spacial score (nSPS) is 15.5. The predicted molar refractivity (Wildman–Crippen MR) is 108 cm³/mol.